The van der Waals surface area contributed by atoms with Crippen molar-refractivity contribution in [1.82, 2.24) is 4.90 Å². The highest BCUT2D eigenvalue weighted by molar-refractivity contribution is 9.10. The van der Waals surface area contributed by atoms with Crippen molar-refractivity contribution in [2.45, 2.75) is 26.8 Å². The molecule has 2 aromatic rings. The van der Waals surface area contributed by atoms with E-state index < -0.39 is 0 Å². The van der Waals surface area contributed by atoms with Crippen molar-refractivity contribution in [1.29, 1.82) is 0 Å². The first kappa shape index (κ1) is 22.9. The average molecular weight is 466 g/mol. The van der Waals surface area contributed by atoms with Crippen LogP contribution in [0.25, 0.3) is 0 Å². The third kappa shape index (κ3) is 5.56. The average Bonchev–Trinajstić information content (AvgIpc) is 2.75. The number of benzene rings is 2. The van der Waals surface area contributed by atoms with Crippen LogP contribution in [0, 0.1) is 0 Å². The molecule has 2 aromatic carbocycles. The van der Waals surface area contributed by atoms with E-state index >= 15 is 0 Å². The Morgan fingerprint density at radius 1 is 0.966 bits per heavy atom. The minimum Gasteiger partial charge on any atom is -0.493 e. The highest BCUT2D eigenvalue weighted by Crippen LogP contribution is 2.37. The lowest BCUT2D eigenvalue weighted by molar-refractivity contribution is 0.0752. The van der Waals surface area contributed by atoms with E-state index in [4.69, 9.17) is 18.9 Å². The molecule has 0 N–H and O–H groups in total. The number of ether oxygens (including phenoxy) is 4. The number of rotatable bonds is 10. The van der Waals surface area contributed by atoms with E-state index in [1.807, 2.05) is 32.0 Å². The molecule has 0 aliphatic carbocycles. The Morgan fingerprint density at radius 3 is 2.24 bits per heavy atom. The molecule has 0 atom stereocenters. The topological polar surface area (TPSA) is 57.2 Å². The lowest BCUT2D eigenvalue weighted by atomic mass is 10.1. The third-order valence-corrected chi connectivity index (χ3v) is 5.01. The Balaban J connectivity index is 2.28. The van der Waals surface area contributed by atoms with Gasteiger partial charge in [0.2, 0.25) is 0 Å². The zero-order chi connectivity index (χ0) is 21.4. The van der Waals surface area contributed by atoms with Crippen LogP contribution >= 0.6 is 15.9 Å². The summed E-state index contributed by atoms with van der Waals surface area (Å²) >= 11 is 3.50. The molecule has 0 aliphatic rings. The molecule has 29 heavy (non-hydrogen) atoms. The fraction of sp³-hybridized carbons (Fsp3) is 0.409. The van der Waals surface area contributed by atoms with Crippen molar-refractivity contribution >= 4 is 21.8 Å². The molecular weight excluding hydrogens is 438 g/mol. The maximum absolute atomic E-state index is 13.2. The van der Waals surface area contributed by atoms with Crippen LogP contribution in [0.15, 0.2) is 34.8 Å². The predicted molar refractivity (Wildman–Crippen MR) is 116 cm³/mol. The van der Waals surface area contributed by atoms with Crippen LogP contribution in [0.3, 0.4) is 0 Å². The summed E-state index contributed by atoms with van der Waals surface area (Å²) in [4.78, 5) is 14.9. The summed E-state index contributed by atoms with van der Waals surface area (Å²) in [5.41, 5.74) is 1.48. The number of nitrogens with zero attached hydrogens (tertiary/aromatic N) is 1. The van der Waals surface area contributed by atoms with Crippen molar-refractivity contribution < 1.29 is 23.7 Å². The maximum Gasteiger partial charge on any atom is 0.254 e. The van der Waals surface area contributed by atoms with Crippen LogP contribution in [-0.2, 0) is 6.54 Å². The Morgan fingerprint density at radius 2 is 1.66 bits per heavy atom. The molecule has 0 aromatic heterocycles. The summed E-state index contributed by atoms with van der Waals surface area (Å²) in [7, 11) is 4.75. The van der Waals surface area contributed by atoms with Gasteiger partial charge in [-0.1, -0.05) is 13.0 Å². The van der Waals surface area contributed by atoms with E-state index in [1.54, 1.807) is 38.4 Å². The third-order valence-electron chi connectivity index (χ3n) is 4.42. The van der Waals surface area contributed by atoms with Crippen LogP contribution in [0.5, 0.6) is 23.0 Å². The molecule has 158 valence electrons. The summed E-state index contributed by atoms with van der Waals surface area (Å²) in [6.07, 6.45) is 0.880. The molecule has 2 rings (SSSR count). The lowest BCUT2D eigenvalue weighted by Gasteiger charge is -2.23. The summed E-state index contributed by atoms with van der Waals surface area (Å²) in [5, 5.41) is 0. The summed E-state index contributed by atoms with van der Waals surface area (Å²) in [6.45, 7) is 5.56. The van der Waals surface area contributed by atoms with Crippen LogP contribution in [0.1, 0.15) is 36.2 Å². The molecule has 0 unspecified atom stereocenters. The van der Waals surface area contributed by atoms with Crippen molar-refractivity contribution in [3.05, 3.63) is 45.9 Å². The fourth-order valence-corrected chi connectivity index (χ4v) is 3.45. The predicted octanol–water partition coefficient (Wildman–Crippen LogP) is 4.93. The van der Waals surface area contributed by atoms with Crippen LogP contribution < -0.4 is 18.9 Å². The van der Waals surface area contributed by atoms with E-state index in [9.17, 15) is 4.79 Å². The highest BCUT2D eigenvalue weighted by atomic mass is 79.9. The fourth-order valence-electron chi connectivity index (χ4n) is 2.90. The van der Waals surface area contributed by atoms with Gasteiger partial charge in [-0.2, -0.15) is 0 Å². The molecule has 0 fully saturated rings. The van der Waals surface area contributed by atoms with Crippen LogP contribution in [-0.4, -0.2) is 45.3 Å². The van der Waals surface area contributed by atoms with E-state index in [-0.39, 0.29) is 5.91 Å². The van der Waals surface area contributed by atoms with Gasteiger partial charge in [0.15, 0.2) is 23.0 Å². The molecule has 0 saturated heterocycles. The second-order valence-electron chi connectivity index (χ2n) is 6.35. The van der Waals surface area contributed by atoms with Gasteiger partial charge in [-0.3, -0.25) is 4.79 Å². The molecule has 7 heteroatoms. The molecule has 0 saturated carbocycles. The van der Waals surface area contributed by atoms with Gasteiger partial charge in [-0.05, 0) is 59.1 Å². The first-order chi connectivity index (χ1) is 14.0. The second kappa shape index (κ2) is 11.0. The van der Waals surface area contributed by atoms with Crippen molar-refractivity contribution in [3.63, 3.8) is 0 Å². The van der Waals surface area contributed by atoms with E-state index in [1.165, 1.54) is 0 Å². The zero-order valence-electron chi connectivity index (χ0n) is 17.6. The van der Waals surface area contributed by atoms with Gasteiger partial charge < -0.3 is 23.8 Å². The van der Waals surface area contributed by atoms with Gasteiger partial charge in [-0.15, -0.1) is 0 Å². The van der Waals surface area contributed by atoms with Gasteiger partial charge in [0.05, 0.1) is 32.4 Å². The molecule has 6 nitrogen and oxygen atoms in total. The smallest absolute Gasteiger partial charge is 0.254 e. The highest BCUT2D eigenvalue weighted by Gasteiger charge is 2.20. The molecule has 0 radical (unpaired) electrons. The van der Waals surface area contributed by atoms with E-state index in [0.717, 1.165) is 12.0 Å². The number of hydrogen-bond donors (Lipinski definition) is 0. The minimum atomic E-state index is -0.0941. The SMILES string of the molecule is CCCOc1c(Br)cc(C(=O)N(CC)Cc2ccc(OC)c(OC)c2)cc1OC. The number of carbonyl (C=O) groups excluding carboxylic acids is 1. The molecule has 0 heterocycles. The largest absolute Gasteiger partial charge is 0.493 e. The number of methoxy groups -OCH3 is 3. The van der Waals surface area contributed by atoms with Gasteiger partial charge in [0, 0.05) is 18.7 Å². The Kier molecular flexibility index (Phi) is 8.64. The van der Waals surface area contributed by atoms with Crippen LogP contribution in [0.2, 0.25) is 0 Å². The lowest BCUT2D eigenvalue weighted by Crippen LogP contribution is -2.30. The van der Waals surface area contributed by atoms with Crippen LogP contribution in [0.4, 0.5) is 0 Å². The summed E-state index contributed by atoms with van der Waals surface area (Å²) in [6, 6.07) is 9.14. The van der Waals surface area contributed by atoms with Crippen molar-refractivity contribution in [2.75, 3.05) is 34.5 Å². The molecule has 1 amide bonds. The number of halogens is 1. The van der Waals surface area contributed by atoms with E-state index in [0.29, 0.717) is 52.7 Å². The quantitative estimate of drug-likeness (QED) is 0.497. The zero-order valence-corrected chi connectivity index (χ0v) is 19.2. The number of hydrogen-bond acceptors (Lipinski definition) is 5. The summed E-state index contributed by atoms with van der Waals surface area (Å²) in [5.74, 6) is 2.33. The number of carbonyl (C=O) groups is 1. The molecular formula is C22H28BrNO5. The van der Waals surface area contributed by atoms with Crippen molar-refractivity contribution in [2.24, 2.45) is 0 Å². The van der Waals surface area contributed by atoms with Gasteiger partial charge in [0.1, 0.15) is 0 Å². The maximum atomic E-state index is 13.2. The van der Waals surface area contributed by atoms with Gasteiger partial charge in [-0.25, -0.2) is 0 Å². The molecule has 0 spiro atoms. The Hall–Kier alpha value is -2.41. The minimum absolute atomic E-state index is 0.0941. The second-order valence-corrected chi connectivity index (χ2v) is 7.20. The molecule has 0 aliphatic heterocycles. The van der Waals surface area contributed by atoms with Crippen molar-refractivity contribution in [3.8, 4) is 23.0 Å². The monoisotopic (exact) mass is 465 g/mol. The standard InChI is InChI=1S/C22H28BrNO5/c1-6-10-29-21-17(23)12-16(13-20(21)28-5)22(25)24(7-2)14-15-8-9-18(26-3)19(11-15)27-4/h8-9,11-13H,6-7,10,14H2,1-5H3. The first-order valence-corrected chi connectivity index (χ1v) is 10.3. The first-order valence-electron chi connectivity index (χ1n) is 9.49. The number of amides is 1. The summed E-state index contributed by atoms with van der Waals surface area (Å²) < 4.78 is 22.5. The van der Waals surface area contributed by atoms with E-state index in [2.05, 4.69) is 15.9 Å². The van der Waals surface area contributed by atoms with Gasteiger partial charge >= 0.3 is 0 Å². The Bertz CT molecular complexity index is 840. The molecule has 0 bridgehead atoms. The van der Waals surface area contributed by atoms with Gasteiger partial charge in [0.25, 0.3) is 5.91 Å². The Labute approximate surface area is 180 Å². The normalized spacial score (nSPS) is 10.4.